The minimum absolute atomic E-state index is 0.0369. The van der Waals surface area contributed by atoms with Gasteiger partial charge in [-0.2, -0.15) is 0 Å². The molecule has 6 heteroatoms. The van der Waals surface area contributed by atoms with Crippen LogP contribution in [0.25, 0.3) is 0 Å². The number of carbonyl (C=O) groups is 1. The van der Waals surface area contributed by atoms with Crippen LogP contribution in [0.4, 0.5) is 0 Å². The van der Waals surface area contributed by atoms with E-state index in [1.54, 1.807) is 0 Å². The molecular formula is C20H20BrNO4. The number of carboxylic acid groups (broad SMARTS) is 1. The molecule has 0 radical (unpaired) electrons. The van der Waals surface area contributed by atoms with Gasteiger partial charge in [0, 0.05) is 4.47 Å². The number of hydrogen-bond acceptors (Lipinski definition) is 4. The highest BCUT2D eigenvalue weighted by atomic mass is 79.9. The predicted octanol–water partition coefficient (Wildman–Crippen LogP) is 4.06. The summed E-state index contributed by atoms with van der Waals surface area (Å²) < 4.78 is 12.0. The van der Waals surface area contributed by atoms with Gasteiger partial charge in [0.1, 0.15) is 0 Å². The maximum atomic E-state index is 11.3. The SMILES string of the molecule is O=C(O)C1CCN(C(c2ccc3c(c2)OCO3)c2ccccc2Br)CC1. The van der Waals surface area contributed by atoms with Gasteiger partial charge in [-0.15, -0.1) is 0 Å². The van der Waals surface area contributed by atoms with E-state index < -0.39 is 5.97 Å². The number of aliphatic carboxylic acids is 1. The third-order valence-corrected chi connectivity index (χ3v) is 5.88. The number of carboxylic acids is 1. The molecule has 0 aromatic heterocycles. The summed E-state index contributed by atoms with van der Waals surface area (Å²) in [4.78, 5) is 13.7. The molecule has 1 saturated heterocycles. The summed E-state index contributed by atoms with van der Waals surface area (Å²) >= 11 is 3.68. The molecule has 0 spiro atoms. The third kappa shape index (κ3) is 3.31. The second-order valence-corrected chi connectivity index (χ2v) is 7.54. The second kappa shape index (κ2) is 7.29. The van der Waals surface area contributed by atoms with Crippen LogP contribution >= 0.6 is 15.9 Å². The minimum Gasteiger partial charge on any atom is -0.481 e. The Morgan fingerprint density at radius 3 is 2.58 bits per heavy atom. The van der Waals surface area contributed by atoms with E-state index in [-0.39, 0.29) is 18.8 Å². The maximum absolute atomic E-state index is 11.3. The Bertz CT molecular complexity index is 817. The van der Waals surface area contributed by atoms with Gasteiger partial charge in [0.25, 0.3) is 0 Å². The normalized spacial score (nSPS) is 18.7. The molecule has 1 N–H and O–H groups in total. The summed E-state index contributed by atoms with van der Waals surface area (Å²) in [5.41, 5.74) is 2.29. The summed E-state index contributed by atoms with van der Waals surface area (Å²) in [6.45, 7) is 1.75. The molecule has 1 unspecified atom stereocenters. The number of halogens is 1. The van der Waals surface area contributed by atoms with Crippen LogP contribution in [0.1, 0.15) is 30.0 Å². The fourth-order valence-corrected chi connectivity index (χ4v) is 4.27. The van der Waals surface area contributed by atoms with Crippen LogP contribution in [0.5, 0.6) is 11.5 Å². The van der Waals surface area contributed by atoms with Crippen molar-refractivity contribution in [1.82, 2.24) is 4.90 Å². The van der Waals surface area contributed by atoms with Crippen LogP contribution in [0.3, 0.4) is 0 Å². The Kier molecular flexibility index (Phi) is 4.87. The molecule has 2 heterocycles. The van der Waals surface area contributed by atoms with Gasteiger partial charge in [-0.3, -0.25) is 9.69 Å². The first-order valence-corrected chi connectivity index (χ1v) is 9.53. The Morgan fingerprint density at radius 2 is 1.85 bits per heavy atom. The molecule has 136 valence electrons. The van der Waals surface area contributed by atoms with Gasteiger partial charge >= 0.3 is 5.97 Å². The standard InChI is InChI=1S/C20H20BrNO4/c21-16-4-2-1-3-15(16)19(22-9-7-13(8-10-22)20(23)24)14-5-6-17-18(11-14)26-12-25-17/h1-6,11,13,19H,7-10,12H2,(H,23,24). The molecule has 2 aliphatic rings. The molecule has 0 bridgehead atoms. The van der Waals surface area contributed by atoms with Crippen LogP contribution in [0.2, 0.25) is 0 Å². The summed E-state index contributed by atoms with van der Waals surface area (Å²) in [5.74, 6) is 0.595. The van der Waals surface area contributed by atoms with Crippen molar-refractivity contribution in [3.05, 3.63) is 58.1 Å². The molecule has 2 aromatic rings. The lowest BCUT2D eigenvalue weighted by molar-refractivity contribution is -0.143. The number of fused-ring (bicyclic) bond motifs is 1. The Balaban J connectivity index is 1.69. The predicted molar refractivity (Wildman–Crippen MR) is 100 cm³/mol. The quantitative estimate of drug-likeness (QED) is 0.812. The molecule has 0 aliphatic carbocycles. The minimum atomic E-state index is -0.690. The third-order valence-electron chi connectivity index (χ3n) is 5.16. The average Bonchev–Trinajstić information content (AvgIpc) is 3.12. The van der Waals surface area contributed by atoms with E-state index in [9.17, 15) is 9.90 Å². The number of rotatable bonds is 4. The molecule has 2 aromatic carbocycles. The van der Waals surface area contributed by atoms with E-state index >= 15 is 0 Å². The Labute approximate surface area is 160 Å². The van der Waals surface area contributed by atoms with Crippen LogP contribution in [-0.2, 0) is 4.79 Å². The van der Waals surface area contributed by atoms with Gasteiger partial charge < -0.3 is 14.6 Å². The summed E-state index contributed by atoms with van der Waals surface area (Å²) in [7, 11) is 0. The topological polar surface area (TPSA) is 59.0 Å². The van der Waals surface area contributed by atoms with Gasteiger partial charge in [-0.05, 0) is 55.3 Å². The first-order valence-electron chi connectivity index (χ1n) is 8.74. The highest BCUT2D eigenvalue weighted by molar-refractivity contribution is 9.10. The number of nitrogens with zero attached hydrogens (tertiary/aromatic N) is 1. The van der Waals surface area contributed by atoms with E-state index in [0.717, 1.165) is 34.6 Å². The van der Waals surface area contributed by atoms with Crippen molar-refractivity contribution in [1.29, 1.82) is 0 Å². The fraction of sp³-hybridized carbons (Fsp3) is 0.350. The molecule has 5 nitrogen and oxygen atoms in total. The number of ether oxygens (including phenoxy) is 2. The molecule has 26 heavy (non-hydrogen) atoms. The first kappa shape index (κ1) is 17.4. The van der Waals surface area contributed by atoms with E-state index in [1.165, 1.54) is 5.56 Å². The van der Waals surface area contributed by atoms with Crippen LogP contribution in [0.15, 0.2) is 46.9 Å². The summed E-state index contributed by atoms with van der Waals surface area (Å²) in [6, 6.07) is 14.3. The average molecular weight is 418 g/mol. The number of hydrogen-bond donors (Lipinski definition) is 1. The highest BCUT2D eigenvalue weighted by Gasteiger charge is 2.31. The zero-order valence-electron chi connectivity index (χ0n) is 14.2. The molecular weight excluding hydrogens is 398 g/mol. The number of benzene rings is 2. The van der Waals surface area contributed by atoms with E-state index in [0.29, 0.717) is 12.8 Å². The first-order chi connectivity index (χ1) is 12.6. The maximum Gasteiger partial charge on any atom is 0.306 e. The van der Waals surface area contributed by atoms with Crippen molar-refractivity contribution < 1.29 is 19.4 Å². The zero-order valence-corrected chi connectivity index (χ0v) is 15.8. The van der Waals surface area contributed by atoms with E-state index in [2.05, 4.69) is 33.0 Å². The van der Waals surface area contributed by atoms with Crippen molar-refractivity contribution >= 4 is 21.9 Å². The van der Waals surface area contributed by atoms with Crippen LogP contribution in [0, 0.1) is 5.92 Å². The zero-order chi connectivity index (χ0) is 18.1. The lowest BCUT2D eigenvalue weighted by atomic mass is 9.91. The fourth-order valence-electron chi connectivity index (χ4n) is 3.77. The summed E-state index contributed by atoms with van der Waals surface area (Å²) in [5, 5.41) is 9.29. The van der Waals surface area contributed by atoms with Crippen molar-refractivity contribution in [3.63, 3.8) is 0 Å². The van der Waals surface area contributed by atoms with E-state index in [4.69, 9.17) is 9.47 Å². The molecule has 0 saturated carbocycles. The van der Waals surface area contributed by atoms with Gasteiger partial charge in [0.2, 0.25) is 6.79 Å². The second-order valence-electron chi connectivity index (χ2n) is 6.69. The van der Waals surface area contributed by atoms with Gasteiger partial charge in [0.15, 0.2) is 11.5 Å². The molecule has 0 amide bonds. The largest absolute Gasteiger partial charge is 0.481 e. The van der Waals surface area contributed by atoms with Crippen molar-refractivity contribution in [2.75, 3.05) is 19.9 Å². The van der Waals surface area contributed by atoms with Gasteiger partial charge in [-0.1, -0.05) is 40.2 Å². The smallest absolute Gasteiger partial charge is 0.306 e. The number of piperidine rings is 1. The van der Waals surface area contributed by atoms with Crippen molar-refractivity contribution in [2.45, 2.75) is 18.9 Å². The van der Waals surface area contributed by atoms with Crippen LogP contribution in [-0.4, -0.2) is 35.9 Å². The van der Waals surface area contributed by atoms with Crippen LogP contribution < -0.4 is 9.47 Å². The van der Waals surface area contributed by atoms with Gasteiger partial charge in [0.05, 0.1) is 12.0 Å². The van der Waals surface area contributed by atoms with Crippen molar-refractivity contribution in [3.8, 4) is 11.5 Å². The summed E-state index contributed by atoms with van der Waals surface area (Å²) in [6.07, 6.45) is 1.33. The van der Waals surface area contributed by atoms with Crippen molar-refractivity contribution in [2.24, 2.45) is 5.92 Å². The molecule has 1 atom stereocenters. The molecule has 2 aliphatic heterocycles. The number of likely N-dealkylation sites (tertiary alicyclic amines) is 1. The van der Waals surface area contributed by atoms with E-state index in [1.807, 2.05) is 30.3 Å². The Hall–Kier alpha value is -2.05. The lowest BCUT2D eigenvalue weighted by Crippen LogP contribution is -2.39. The Morgan fingerprint density at radius 1 is 1.12 bits per heavy atom. The van der Waals surface area contributed by atoms with Gasteiger partial charge in [-0.25, -0.2) is 0 Å². The highest BCUT2D eigenvalue weighted by Crippen LogP contribution is 2.40. The molecule has 1 fully saturated rings. The lowest BCUT2D eigenvalue weighted by Gasteiger charge is -2.37. The monoisotopic (exact) mass is 417 g/mol. The molecule has 4 rings (SSSR count).